The monoisotopic (exact) mass is 328 g/mol. The molecule has 122 valence electrons. The fourth-order valence-corrected chi connectivity index (χ4v) is 2.26. The zero-order valence-electron chi connectivity index (χ0n) is 12.7. The summed E-state index contributed by atoms with van der Waals surface area (Å²) in [5, 5.41) is 7.19. The maximum atomic E-state index is 13.4. The molecule has 0 saturated heterocycles. The zero-order chi connectivity index (χ0) is 17.1. The molecule has 7 nitrogen and oxygen atoms in total. The van der Waals surface area contributed by atoms with Gasteiger partial charge in [0.05, 0.1) is 36.3 Å². The number of aromatic nitrogens is 3. The van der Waals surface area contributed by atoms with Crippen molar-refractivity contribution in [3.05, 3.63) is 54.2 Å². The third-order valence-corrected chi connectivity index (χ3v) is 3.42. The Balaban J connectivity index is 1.98. The van der Waals surface area contributed by atoms with E-state index in [4.69, 9.17) is 0 Å². The van der Waals surface area contributed by atoms with E-state index in [0.29, 0.717) is 16.6 Å². The van der Waals surface area contributed by atoms with E-state index in [9.17, 15) is 14.0 Å². The van der Waals surface area contributed by atoms with E-state index in [2.05, 4.69) is 20.1 Å². The number of amides is 1. The van der Waals surface area contributed by atoms with Crippen molar-refractivity contribution in [2.45, 2.75) is 0 Å². The van der Waals surface area contributed by atoms with Crippen molar-refractivity contribution in [3.8, 4) is 5.69 Å². The van der Waals surface area contributed by atoms with Gasteiger partial charge in [-0.05, 0) is 18.2 Å². The second-order valence-corrected chi connectivity index (χ2v) is 4.91. The van der Waals surface area contributed by atoms with Gasteiger partial charge in [-0.3, -0.25) is 14.6 Å². The van der Waals surface area contributed by atoms with Crippen molar-refractivity contribution in [1.29, 1.82) is 0 Å². The molecule has 8 heteroatoms. The number of hydrogen-bond acceptors (Lipinski definition) is 5. The Kier molecular flexibility index (Phi) is 4.19. The molecule has 0 unspecified atom stereocenters. The highest BCUT2D eigenvalue weighted by Gasteiger charge is 2.15. The quantitative estimate of drug-likeness (QED) is 0.733. The number of esters is 1. The van der Waals surface area contributed by atoms with Crippen molar-refractivity contribution >= 4 is 22.8 Å². The van der Waals surface area contributed by atoms with Gasteiger partial charge in [-0.15, -0.1) is 0 Å². The number of benzene rings is 1. The van der Waals surface area contributed by atoms with Crippen LogP contribution in [0, 0.1) is 5.82 Å². The summed E-state index contributed by atoms with van der Waals surface area (Å²) >= 11 is 0. The minimum absolute atomic E-state index is 0.246. The second kappa shape index (κ2) is 6.45. The van der Waals surface area contributed by atoms with E-state index in [-0.39, 0.29) is 12.1 Å². The number of hydrogen-bond donors (Lipinski definition) is 1. The molecule has 0 atom stereocenters. The van der Waals surface area contributed by atoms with Gasteiger partial charge < -0.3 is 10.1 Å². The van der Waals surface area contributed by atoms with Crippen LogP contribution in [0.2, 0.25) is 0 Å². The normalized spacial score (nSPS) is 10.6. The second-order valence-electron chi connectivity index (χ2n) is 4.91. The predicted molar refractivity (Wildman–Crippen MR) is 83.2 cm³/mol. The number of nitrogens with one attached hydrogen (secondary N) is 1. The molecular formula is C16H13FN4O3. The van der Waals surface area contributed by atoms with E-state index in [1.807, 2.05) is 0 Å². The van der Waals surface area contributed by atoms with E-state index in [0.717, 1.165) is 0 Å². The number of halogens is 1. The molecular weight excluding hydrogens is 315 g/mol. The summed E-state index contributed by atoms with van der Waals surface area (Å²) in [5.41, 5.74) is 1.32. The number of carbonyl (C=O) groups is 2. The van der Waals surface area contributed by atoms with Crippen molar-refractivity contribution in [2.24, 2.45) is 0 Å². The van der Waals surface area contributed by atoms with Crippen LogP contribution < -0.4 is 5.32 Å². The number of carbonyl (C=O) groups excluding carboxylic acids is 2. The lowest BCUT2D eigenvalue weighted by Crippen LogP contribution is -2.30. The first-order valence-corrected chi connectivity index (χ1v) is 7.03. The Hall–Kier alpha value is -3.29. The lowest BCUT2D eigenvalue weighted by atomic mass is 10.2. The standard InChI is InChI=1S/C16H13FN4O3/c1-24-15(22)9-19-16(23)13-6-18-8-14-12(13)7-20-21(14)11-4-2-3-10(17)5-11/h2-8H,9H2,1H3,(H,19,23). The third-order valence-electron chi connectivity index (χ3n) is 3.42. The summed E-state index contributed by atoms with van der Waals surface area (Å²) in [6.07, 6.45) is 4.41. The van der Waals surface area contributed by atoms with E-state index >= 15 is 0 Å². The molecule has 0 bridgehead atoms. The number of ether oxygens (including phenoxy) is 1. The molecule has 0 aliphatic heterocycles. The van der Waals surface area contributed by atoms with Crippen LogP contribution in [0.3, 0.4) is 0 Å². The van der Waals surface area contributed by atoms with Gasteiger partial charge in [-0.1, -0.05) is 6.07 Å². The van der Waals surface area contributed by atoms with E-state index in [1.165, 1.54) is 42.5 Å². The van der Waals surface area contributed by atoms with Crippen molar-refractivity contribution in [3.63, 3.8) is 0 Å². The van der Waals surface area contributed by atoms with Gasteiger partial charge in [0.25, 0.3) is 5.91 Å². The Morgan fingerprint density at radius 1 is 1.29 bits per heavy atom. The summed E-state index contributed by atoms with van der Waals surface area (Å²) < 4.78 is 19.4. The van der Waals surface area contributed by atoms with Crippen molar-refractivity contribution in [1.82, 2.24) is 20.1 Å². The highest BCUT2D eigenvalue weighted by atomic mass is 19.1. The number of pyridine rings is 1. The topological polar surface area (TPSA) is 86.1 Å². The average Bonchev–Trinajstić information content (AvgIpc) is 3.03. The van der Waals surface area contributed by atoms with Gasteiger partial charge in [-0.2, -0.15) is 5.10 Å². The van der Waals surface area contributed by atoms with Crippen LogP contribution in [0.5, 0.6) is 0 Å². The minimum atomic E-state index is -0.557. The summed E-state index contributed by atoms with van der Waals surface area (Å²) in [7, 11) is 1.24. The maximum absolute atomic E-state index is 13.4. The number of rotatable bonds is 4. The van der Waals surface area contributed by atoms with Crippen LogP contribution in [-0.2, 0) is 9.53 Å². The fraction of sp³-hybridized carbons (Fsp3) is 0.125. The molecule has 1 aromatic carbocycles. The average molecular weight is 328 g/mol. The van der Waals surface area contributed by atoms with Crippen LogP contribution in [0.1, 0.15) is 10.4 Å². The molecule has 24 heavy (non-hydrogen) atoms. The predicted octanol–water partition coefficient (Wildman–Crippen LogP) is 1.46. The van der Waals surface area contributed by atoms with E-state index in [1.54, 1.807) is 12.1 Å². The molecule has 1 amide bonds. The maximum Gasteiger partial charge on any atom is 0.325 e. The first kappa shape index (κ1) is 15.6. The number of methoxy groups -OCH3 is 1. The first-order valence-electron chi connectivity index (χ1n) is 7.03. The van der Waals surface area contributed by atoms with Gasteiger partial charge in [-0.25, -0.2) is 9.07 Å². The SMILES string of the molecule is COC(=O)CNC(=O)c1cncc2c1cnn2-c1cccc(F)c1. The Morgan fingerprint density at radius 2 is 2.12 bits per heavy atom. The molecule has 0 aliphatic carbocycles. The summed E-state index contributed by atoms with van der Waals surface area (Å²) in [5.74, 6) is -1.42. The minimum Gasteiger partial charge on any atom is -0.468 e. The molecule has 1 N–H and O–H groups in total. The Bertz CT molecular complexity index is 923. The molecule has 3 rings (SSSR count). The lowest BCUT2D eigenvalue weighted by Gasteiger charge is -2.06. The van der Waals surface area contributed by atoms with Crippen molar-refractivity contribution < 1.29 is 18.7 Å². The summed E-state index contributed by atoms with van der Waals surface area (Å²) in [4.78, 5) is 27.4. The van der Waals surface area contributed by atoms with E-state index < -0.39 is 17.7 Å². The van der Waals surface area contributed by atoms with Gasteiger partial charge in [0, 0.05) is 11.6 Å². The van der Waals surface area contributed by atoms with Gasteiger partial charge in [0.2, 0.25) is 0 Å². The molecule has 0 saturated carbocycles. The first-order chi connectivity index (χ1) is 11.6. The Labute approximate surface area is 136 Å². The summed E-state index contributed by atoms with van der Waals surface area (Å²) in [6.45, 7) is -0.246. The third kappa shape index (κ3) is 2.94. The van der Waals surface area contributed by atoms with Crippen molar-refractivity contribution in [2.75, 3.05) is 13.7 Å². The molecule has 0 spiro atoms. The highest BCUT2D eigenvalue weighted by Crippen LogP contribution is 2.21. The van der Waals surface area contributed by atoms with Crippen LogP contribution in [0.15, 0.2) is 42.9 Å². The number of nitrogens with zero attached hydrogens (tertiary/aromatic N) is 3. The zero-order valence-corrected chi connectivity index (χ0v) is 12.7. The molecule has 0 radical (unpaired) electrons. The molecule has 2 aromatic heterocycles. The largest absolute Gasteiger partial charge is 0.468 e. The van der Waals surface area contributed by atoms with Gasteiger partial charge in [0.1, 0.15) is 12.4 Å². The highest BCUT2D eigenvalue weighted by molar-refractivity contribution is 6.06. The summed E-state index contributed by atoms with van der Waals surface area (Å²) in [6, 6.07) is 5.92. The van der Waals surface area contributed by atoms with Gasteiger partial charge >= 0.3 is 5.97 Å². The van der Waals surface area contributed by atoms with Crippen LogP contribution >= 0.6 is 0 Å². The lowest BCUT2D eigenvalue weighted by molar-refractivity contribution is -0.139. The van der Waals surface area contributed by atoms with Crippen LogP contribution in [-0.4, -0.2) is 40.3 Å². The smallest absolute Gasteiger partial charge is 0.325 e. The number of fused-ring (bicyclic) bond motifs is 1. The van der Waals surface area contributed by atoms with Gasteiger partial charge in [0.15, 0.2) is 0 Å². The molecule has 3 aromatic rings. The fourth-order valence-electron chi connectivity index (χ4n) is 2.26. The molecule has 0 fully saturated rings. The molecule has 2 heterocycles. The molecule has 0 aliphatic rings. The Morgan fingerprint density at radius 3 is 2.88 bits per heavy atom. The van der Waals surface area contributed by atoms with Crippen LogP contribution in [0.4, 0.5) is 4.39 Å². The van der Waals surface area contributed by atoms with Crippen LogP contribution in [0.25, 0.3) is 16.6 Å².